The first-order valence-electron chi connectivity index (χ1n) is 8.03. The number of rotatable bonds is 4. The molecule has 1 aliphatic heterocycles. The van der Waals surface area contributed by atoms with Crippen LogP contribution in [0.3, 0.4) is 0 Å². The van der Waals surface area contributed by atoms with Gasteiger partial charge in [0.25, 0.3) is 0 Å². The highest BCUT2D eigenvalue weighted by Gasteiger charge is 2.20. The van der Waals surface area contributed by atoms with Gasteiger partial charge >= 0.3 is 0 Å². The van der Waals surface area contributed by atoms with E-state index in [2.05, 4.69) is 32.0 Å². The molecule has 1 aliphatic rings. The summed E-state index contributed by atoms with van der Waals surface area (Å²) in [4.78, 5) is 9.20. The van der Waals surface area contributed by atoms with Gasteiger partial charge in [-0.15, -0.1) is 5.10 Å². The van der Waals surface area contributed by atoms with Crippen LogP contribution in [0.2, 0.25) is 0 Å². The molecular formula is C16H20N6O. The standard InChI is InChI=1S/C16H20N6O/c1-2-22-11-15(18-19-22)21-9-7-20(8-10-21)12-16-17-13-5-3-4-6-14(13)23-16/h3-6,11H,2,7-10,12H2,1H3. The molecule has 7 nitrogen and oxygen atoms in total. The van der Waals surface area contributed by atoms with Crippen molar-refractivity contribution in [2.45, 2.75) is 20.0 Å². The van der Waals surface area contributed by atoms with Gasteiger partial charge in [0.2, 0.25) is 5.89 Å². The molecule has 0 saturated carbocycles. The van der Waals surface area contributed by atoms with Crippen molar-refractivity contribution in [2.24, 2.45) is 0 Å². The Hall–Kier alpha value is -2.41. The van der Waals surface area contributed by atoms with Gasteiger partial charge in [-0.25, -0.2) is 4.98 Å². The molecule has 0 radical (unpaired) electrons. The van der Waals surface area contributed by atoms with Crippen molar-refractivity contribution < 1.29 is 4.42 Å². The van der Waals surface area contributed by atoms with Crippen molar-refractivity contribution in [3.8, 4) is 0 Å². The molecule has 0 N–H and O–H groups in total. The SMILES string of the molecule is CCn1cc(N2CCN(Cc3nc4ccccc4o3)CC2)nn1. The average Bonchev–Trinajstić information content (AvgIpc) is 3.21. The zero-order valence-corrected chi connectivity index (χ0v) is 13.2. The Labute approximate surface area is 134 Å². The Kier molecular flexibility index (Phi) is 3.70. The number of hydrogen-bond acceptors (Lipinski definition) is 6. The monoisotopic (exact) mass is 312 g/mol. The van der Waals surface area contributed by atoms with Gasteiger partial charge in [-0.2, -0.15) is 0 Å². The number of fused-ring (bicyclic) bond motifs is 1. The van der Waals surface area contributed by atoms with E-state index >= 15 is 0 Å². The number of benzene rings is 1. The second-order valence-electron chi connectivity index (χ2n) is 5.77. The topological polar surface area (TPSA) is 63.2 Å². The number of aryl methyl sites for hydroxylation is 1. The first-order valence-corrected chi connectivity index (χ1v) is 8.03. The van der Waals surface area contributed by atoms with Gasteiger partial charge in [0.1, 0.15) is 5.52 Å². The van der Waals surface area contributed by atoms with Gasteiger partial charge in [0.15, 0.2) is 11.4 Å². The van der Waals surface area contributed by atoms with Gasteiger partial charge < -0.3 is 9.32 Å². The van der Waals surface area contributed by atoms with Gasteiger partial charge in [0.05, 0.1) is 12.7 Å². The smallest absolute Gasteiger partial charge is 0.209 e. The van der Waals surface area contributed by atoms with E-state index in [1.165, 1.54) is 0 Å². The summed E-state index contributed by atoms with van der Waals surface area (Å²) in [6, 6.07) is 7.90. The molecule has 23 heavy (non-hydrogen) atoms. The number of nitrogens with zero attached hydrogens (tertiary/aromatic N) is 6. The summed E-state index contributed by atoms with van der Waals surface area (Å²) in [6.45, 7) is 7.51. The lowest BCUT2D eigenvalue weighted by atomic mass is 10.3. The fraction of sp³-hybridized carbons (Fsp3) is 0.438. The molecule has 4 rings (SSSR count). The molecule has 7 heteroatoms. The van der Waals surface area contributed by atoms with E-state index in [-0.39, 0.29) is 0 Å². The fourth-order valence-electron chi connectivity index (χ4n) is 2.90. The summed E-state index contributed by atoms with van der Waals surface area (Å²) in [7, 11) is 0. The molecule has 0 spiro atoms. The maximum atomic E-state index is 5.81. The van der Waals surface area contributed by atoms with Crippen LogP contribution in [-0.4, -0.2) is 51.1 Å². The maximum Gasteiger partial charge on any atom is 0.209 e. The number of oxazole rings is 1. The molecule has 120 valence electrons. The lowest BCUT2D eigenvalue weighted by Gasteiger charge is -2.33. The largest absolute Gasteiger partial charge is 0.439 e. The van der Waals surface area contributed by atoms with Crippen LogP contribution >= 0.6 is 0 Å². The van der Waals surface area contributed by atoms with Gasteiger partial charge in [-0.3, -0.25) is 9.58 Å². The number of aromatic nitrogens is 4. The predicted octanol–water partition coefficient (Wildman–Crippen LogP) is 1.76. The normalized spacial score (nSPS) is 16.3. The van der Waals surface area contributed by atoms with Crippen molar-refractivity contribution in [1.82, 2.24) is 24.9 Å². The van der Waals surface area contributed by atoms with E-state index in [4.69, 9.17) is 4.42 Å². The Morgan fingerprint density at radius 3 is 2.70 bits per heavy atom. The third-order valence-electron chi connectivity index (χ3n) is 4.24. The zero-order chi connectivity index (χ0) is 15.6. The van der Waals surface area contributed by atoms with Crippen molar-refractivity contribution in [3.63, 3.8) is 0 Å². The van der Waals surface area contributed by atoms with E-state index in [9.17, 15) is 0 Å². The van der Waals surface area contributed by atoms with Crippen LogP contribution in [0.5, 0.6) is 0 Å². The Balaban J connectivity index is 1.37. The van der Waals surface area contributed by atoms with E-state index in [0.717, 1.165) is 62.1 Å². The Morgan fingerprint density at radius 2 is 1.96 bits per heavy atom. The predicted molar refractivity (Wildman–Crippen MR) is 87.2 cm³/mol. The third kappa shape index (κ3) is 2.92. The van der Waals surface area contributed by atoms with E-state index in [1.54, 1.807) is 0 Å². The van der Waals surface area contributed by atoms with Crippen LogP contribution < -0.4 is 4.90 Å². The van der Waals surface area contributed by atoms with Crippen molar-refractivity contribution in [1.29, 1.82) is 0 Å². The third-order valence-corrected chi connectivity index (χ3v) is 4.24. The summed E-state index contributed by atoms with van der Waals surface area (Å²) in [6.07, 6.45) is 2.01. The van der Waals surface area contributed by atoms with Crippen LogP contribution in [0.15, 0.2) is 34.9 Å². The fourth-order valence-corrected chi connectivity index (χ4v) is 2.90. The molecular weight excluding hydrogens is 292 g/mol. The molecule has 0 bridgehead atoms. The van der Waals surface area contributed by atoms with Crippen LogP contribution in [0.1, 0.15) is 12.8 Å². The average molecular weight is 312 g/mol. The highest BCUT2D eigenvalue weighted by Crippen LogP contribution is 2.18. The molecule has 3 heterocycles. The minimum absolute atomic E-state index is 0.754. The molecule has 3 aromatic rings. The Bertz CT molecular complexity index is 754. The van der Waals surface area contributed by atoms with Crippen LogP contribution in [0.4, 0.5) is 5.82 Å². The quantitative estimate of drug-likeness (QED) is 0.731. The minimum atomic E-state index is 0.754. The number of piperazine rings is 1. The molecule has 1 fully saturated rings. The minimum Gasteiger partial charge on any atom is -0.439 e. The number of hydrogen-bond donors (Lipinski definition) is 0. The summed E-state index contributed by atoms with van der Waals surface area (Å²) >= 11 is 0. The zero-order valence-electron chi connectivity index (χ0n) is 13.2. The first kappa shape index (κ1) is 14.2. The molecule has 1 aromatic carbocycles. The molecule has 0 atom stereocenters. The summed E-state index contributed by atoms with van der Waals surface area (Å²) < 4.78 is 7.67. The van der Waals surface area contributed by atoms with Gasteiger partial charge in [-0.05, 0) is 19.1 Å². The van der Waals surface area contributed by atoms with E-state index < -0.39 is 0 Å². The highest BCUT2D eigenvalue weighted by molar-refractivity contribution is 5.72. The lowest BCUT2D eigenvalue weighted by molar-refractivity contribution is 0.228. The van der Waals surface area contributed by atoms with Crippen LogP contribution in [0.25, 0.3) is 11.1 Å². The van der Waals surface area contributed by atoms with Crippen LogP contribution in [-0.2, 0) is 13.1 Å². The first-order chi connectivity index (χ1) is 11.3. The molecule has 0 amide bonds. The van der Waals surface area contributed by atoms with Crippen molar-refractivity contribution in [3.05, 3.63) is 36.4 Å². The second-order valence-corrected chi connectivity index (χ2v) is 5.77. The molecule has 1 saturated heterocycles. The Morgan fingerprint density at radius 1 is 1.13 bits per heavy atom. The second kappa shape index (κ2) is 6.00. The van der Waals surface area contributed by atoms with Gasteiger partial charge in [-0.1, -0.05) is 17.3 Å². The van der Waals surface area contributed by atoms with Gasteiger partial charge in [0, 0.05) is 32.7 Å². The van der Waals surface area contributed by atoms with Crippen molar-refractivity contribution >= 4 is 16.9 Å². The number of anilines is 1. The summed E-state index contributed by atoms with van der Waals surface area (Å²) in [5, 5.41) is 8.35. The number of para-hydroxylation sites is 2. The highest BCUT2D eigenvalue weighted by atomic mass is 16.3. The summed E-state index contributed by atoms with van der Waals surface area (Å²) in [5.74, 6) is 1.75. The maximum absolute atomic E-state index is 5.81. The molecule has 2 aromatic heterocycles. The van der Waals surface area contributed by atoms with E-state index in [0.29, 0.717) is 0 Å². The molecule has 0 aliphatic carbocycles. The lowest BCUT2D eigenvalue weighted by Crippen LogP contribution is -2.46. The molecule has 0 unspecified atom stereocenters. The summed E-state index contributed by atoms with van der Waals surface area (Å²) in [5.41, 5.74) is 1.79. The van der Waals surface area contributed by atoms with Crippen molar-refractivity contribution in [2.75, 3.05) is 31.1 Å². The van der Waals surface area contributed by atoms with E-state index in [1.807, 2.05) is 35.1 Å². The van der Waals surface area contributed by atoms with Crippen LogP contribution in [0, 0.1) is 0 Å².